The van der Waals surface area contributed by atoms with Gasteiger partial charge in [0, 0.05) is 36.4 Å². The van der Waals surface area contributed by atoms with Gasteiger partial charge in [-0.15, -0.1) is 0 Å². The van der Waals surface area contributed by atoms with Gasteiger partial charge in [0.2, 0.25) is 5.91 Å². The Morgan fingerprint density at radius 1 is 1.21 bits per heavy atom. The lowest BCUT2D eigenvalue weighted by molar-refractivity contribution is -0.115. The molecule has 0 aliphatic rings. The summed E-state index contributed by atoms with van der Waals surface area (Å²) in [4.78, 5) is 13.7. The van der Waals surface area contributed by atoms with Crippen LogP contribution in [0.1, 0.15) is 5.56 Å². The van der Waals surface area contributed by atoms with Gasteiger partial charge in [-0.3, -0.25) is 4.79 Å². The minimum Gasteiger partial charge on any atom is -0.497 e. The Labute approximate surface area is 149 Å². The SMILES string of the molecule is COc1ccc2c(ccn2Cc2ccccc2N(C)C(=O)CBr)c1. The highest BCUT2D eigenvalue weighted by Crippen LogP contribution is 2.25. The first-order chi connectivity index (χ1) is 11.6. The number of ether oxygens (including phenoxy) is 1. The van der Waals surface area contributed by atoms with Crippen molar-refractivity contribution in [3.8, 4) is 5.75 Å². The largest absolute Gasteiger partial charge is 0.497 e. The summed E-state index contributed by atoms with van der Waals surface area (Å²) >= 11 is 3.24. The molecule has 0 fully saturated rings. The number of carbonyl (C=O) groups is 1. The Morgan fingerprint density at radius 3 is 2.75 bits per heavy atom. The number of carbonyl (C=O) groups excluding carboxylic acids is 1. The third-order valence-corrected chi connectivity index (χ3v) is 4.64. The van der Waals surface area contributed by atoms with Crippen molar-refractivity contribution in [1.29, 1.82) is 0 Å². The molecule has 0 atom stereocenters. The second-order valence-corrected chi connectivity index (χ2v) is 6.14. The molecule has 1 amide bonds. The number of nitrogens with zero attached hydrogens (tertiary/aromatic N) is 2. The molecule has 0 saturated carbocycles. The molecule has 24 heavy (non-hydrogen) atoms. The summed E-state index contributed by atoms with van der Waals surface area (Å²) in [6.07, 6.45) is 2.06. The average Bonchev–Trinajstić information content (AvgIpc) is 3.02. The van der Waals surface area contributed by atoms with Crippen LogP contribution in [0.25, 0.3) is 10.9 Å². The highest BCUT2D eigenvalue weighted by Gasteiger charge is 2.14. The molecule has 0 unspecified atom stereocenters. The second kappa shape index (κ2) is 7.09. The standard InChI is InChI=1S/C19H19BrN2O2/c1-21(19(23)12-20)17-6-4-3-5-15(17)13-22-10-9-14-11-16(24-2)7-8-18(14)22/h3-11H,12-13H2,1-2H3. The van der Waals surface area contributed by atoms with Gasteiger partial charge in [-0.05, 0) is 35.9 Å². The van der Waals surface area contributed by atoms with Crippen molar-refractivity contribution in [1.82, 2.24) is 4.57 Å². The molecule has 1 aromatic heterocycles. The highest BCUT2D eigenvalue weighted by molar-refractivity contribution is 9.09. The topological polar surface area (TPSA) is 34.5 Å². The van der Waals surface area contributed by atoms with Crippen molar-refractivity contribution in [2.75, 3.05) is 24.4 Å². The predicted octanol–water partition coefficient (Wildman–Crippen LogP) is 4.06. The summed E-state index contributed by atoms with van der Waals surface area (Å²) in [5.74, 6) is 0.882. The molecule has 0 aliphatic heterocycles. The third kappa shape index (κ3) is 3.17. The minimum atomic E-state index is 0.0320. The molecular formula is C19H19BrN2O2. The Bertz CT molecular complexity index is 873. The molecule has 0 spiro atoms. The molecular weight excluding hydrogens is 368 g/mol. The van der Waals surface area contributed by atoms with Crippen molar-refractivity contribution >= 4 is 38.4 Å². The van der Waals surface area contributed by atoms with Gasteiger partial charge in [-0.1, -0.05) is 34.1 Å². The molecule has 1 heterocycles. The van der Waals surface area contributed by atoms with E-state index in [9.17, 15) is 4.79 Å². The van der Waals surface area contributed by atoms with Crippen LogP contribution in [0.15, 0.2) is 54.7 Å². The van der Waals surface area contributed by atoms with Crippen LogP contribution >= 0.6 is 15.9 Å². The highest BCUT2D eigenvalue weighted by atomic mass is 79.9. The van der Waals surface area contributed by atoms with Gasteiger partial charge in [0.15, 0.2) is 0 Å². The van der Waals surface area contributed by atoms with Crippen molar-refractivity contribution in [3.63, 3.8) is 0 Å². The number of methoxy groups -OCH3 is 1. The van der Waals surface area contributed by atoms with Gasteiger partial charge in [0.25, 0.3) is 0 Å². The minimum absolute atomic E-state index is 0.0320. The van der Waals surface area contributed by atoms with Crippen LogP contribution in [-0.2, 0) is 11.3 Å². The van der Waals surface area contributed by atoms with E-state index in [0.717, 1.165) is 27.9 Å². The number of halogens is 1. The molecule has 3 rings (SSSR count). The number of benzene rings is 2. The summed E-state index contributed by atoms with van der Waals surface area (Å²) in [5.41, 5.74) is 3.17. The van der Waals surface area contributed by atoms with Crippen molar-refractivity contribution < 1.29 is 9.53 Å². The van der Waals surface area contributed by atoms with E-state index in [1.165, 1.54) is 0 Å². The number of hydrogen-bond donors (Lipinski definition) is 0. The first-order valence-electron chi connectivity index (χ1n) is 7.67. The van der Waals surface area contributed by atoms with Crippen LogP contribution in [0.2, 0.25) is 0 Å². The maximum Gasteiger partial charge on any atom is 0.237 e. The lowest BCUT2D eigenvalue weighted by atomic mass is 10.1. The van der Waals surface area contributed by atoms with E-state index in [2.05, 4.69) is 44.9 Å². The fourth-order valence-corrected chi connectivity index (χ4v) is 3.20. The van der Waals surface area contributed by atoms with Crippen molar-refractivity contribution in [2.24, 2.45) is 0 Å². The van der Waals surface area contributed by atoms with E-state index in [1.54, 1.807) is 19.1 Å². The summed E-state index contributed by atoms with van der Waals surface area (Å²) in [5, 5.41) is 1.45. The summed E-state index contributed by atoms with van der Waals surface area (Å²) < 4.78 is 7.46. The summed E-state index contributed by atoms with van der Waals surface area (Å²) in [6.45, 7) is 0.700. The number of fused-ring (bicyclic) bond motifs is 1. The maximum absolute atomic E-state index is 12.0. The molecule has 3 aromatic rings. The fourth-order valence-electron chi connectivity index (χ4n) is 2.82. The summed E-state index contributed by atoms with van der Waals surface area (Å²) in [6, 6.07) is 16.1. The van der Waals surface area contributed by atoms with Crippen LogP contribution in [0, 0.1) is 0 Å². The van der Waals surface area contributed by atoms with Gasteiger partial charge in [0.05, 0.1) is 12.4 Å². The monoisotopic (exact) mass is 386 g/mol. The number of aromatic nitrogens is 1. The van der Waals surface area contributed by atoms with Crippen LogP contribution in [0.5, 0.6) is 5.75 Å². The first kappa shape index (κ1) is 16.6. The van der Waals surface area contributed by atoms with Gasteiger partial charge in [-0.2, -0.15) is 0 Å². The lowest BCUT2D eigenvalue weighted by Crippen LogP contribution is -2.28. The van der Waals surface area contributed by atoms with Gasteiger partial charge in [0.1, 0.15) is 5.75 Å². The number of hydrogen-bond acceptors (Lipinski definition) is 2. The molecule has 4 nitrogen and oxygen atoms in total. The Kier molecular flexibility index (Phi) is 4.90. The van der Waals surface area contributed by atoms with E-state index in [4.69, 9.17) is 4.74 Å². The van der Waals surface area contributed by atoms with E-state index in [0.29, 0.717) is 11.9 Å². The van der Waals surface area contributed by atoms with Crippen LogP contribution < -0.4 is 9.64 Å². The first-order valence-corrected chi connectivity index (χ1v) is 8.79. The zero-order valence-corrected chi connectivity index (χ0v) is 15.3. The van der Waals surface area contributed by atoms with E-state index in [-0.39, 0.29) is 5.91 Å². The zero-order valence-electron chi connectivity index (χ0n) is 13.7. The zero-order chi connectivity index (χ0) is 17.1. The predicted molar refractivity (Wildman–Crippen MR) is 101 cm³/mol. The number of amides is 1. The number of rotatable bonds is 5. The number of anilines is 1. The van der Waals surface area contributed by atoms with Gasteiger partial charge in [-0.25, -0.2) is 0 Å². The summed E-state index contributed by atoms with van der Waals surface area (Å²) in [7, 11) is 3.48. The molecule has 0 saturated heterocycles. The van der Waals surface area contributed by atoms with Gasteiger partial charge >= 0.3 is 0 Å². The maximum atomic E-state index is 12.0. The van der Waals surface area contributed by atoms with E-state index < -0.39 is 0 Å². The van der Waals surface area contributed by atoms with Crippen LogP contribution in [0.3, 0.4) is 0 Å². The number of alkyl halides is 1. The third-order valence-electron chi connectivity index (χ3n) is 4.16. The fraction of sp³-hybridized carbons (Fsp3) is 0.211. The van der Waals surface area contributed by atoms with Crippen molar-refractivity contribution in [3.05, 3.63) is 60.3 Å². The van der Waals surface area contributed by atoms with E-state index >= 15 is 0 Å². The molecule has 0 bridgehead atoms. The molecule has 5 heteroatoms. The van der Waals surface area contributed by atoms with Gasteiger partial charge < -0.3 is 14.2 Å². The van der Waals surface area contributed by atoms with Crippen molar-refractivity contribution in [2.45, 2.75) is 6.54 Å². The number of para-hydroxylation sites is 1. The molecule has 2 aromatic carbocycles. The Hall–Kier alpha value is -2.27. The lowest BCUT2D eigenvalue weighted by Gasteiger charge is -2.20. The quantitative estimate of drug-likeness (QED) is 0.619. The molecule has 0 aliphatic carbocycles. The molecule has 0 N–H and O–H groups in total. The normalized spacial score (nSPS) is 10.8. The van der Waals surface area contributed by atoms with Crippen LogP contribution in [-0.4, -0.2) is 30.0 Å². The smallest absolute Gasteiger partial charge is 0.237 e. The average molecular weight is 387 g/mol. The molecule has 124 valence electrons. The second-order valence-electron chi connectivity index (χ2n) is 5.58. The Morgan fingerprint density at radius 2 is 2.00 bits per heavy atom. The Balaban J connectivity index is 1.96. The van der Waals surface area contributed by atoms with E-state index in [1.807, 2.05) is 30.3 Å². The van der Waals surface area contributed by atoms with Crippen LogP contribution in [0.4, 0.5) is 5.69 Å². The molecule has 0 radical (unpaired) electrons.